The van der Waals surface area contributed by atoms with Gasteiger partial charge in [0.25, 0.3) is 5.91 Å². The molecule has 1 amide bonds. The van der Waals surface area contributed by atoms with E-state index in [2.05, 4.69) is 15.3 Å². The van der Waals surface area contributed by atoms with E-state index in [0.29, 0.717) is 37.6 Å². The van der Waals surface area contributed by atoms with Gasteiger partial charge >= 0.3 is 0 Å². The van der Waals surface area contributed by atoms with Crippen molar-refractivity contribution in [3.63, 3.8) is 0 Å². The van der Waals surface area contributed by atoms with E-state index in [4.69, 9.17) is 11.6 Å². The summed E-state index contributed by atoms with van der Waals surface area (Å²) >= 11 is 5.91. The Morgan fingerprint density at radius 2 is 1.88 bits per heavy atom. The van der Waals surface area contributed by atoms with Crippen molar-refractivity contribution < 1.29 is 13.2 Å². The smallest absolute Gasteiger partial charge is 0.257 e. The van der Waals surface area contributed by atoms with E-state index in [9.17, 15) is 13.2 Å². The van der Waals surface area contributed by atoms with E-state index in [1.807, 2.05) is 25.7 Å². The van der Waals surface area contributed by atoms with E-state index in [0.717, 1.165) is 0 Å². The van der Waals surface area contributed by atoms with Crippen molar-refractivity contribution in [2.75, 3.05) is 36.8 Å². The molecule has 0 bridgehead atoms. The number of sulfonamides is 1. The molecule has 0 unspecified atom stereocenters. The molecule has 0 atom stereocenters. The molecule has 0 spiro atoms. The summed E-state index contributed by atoms with van der Waals surface area (Å²) in [6, 6.07) is 0. The van der Waals surface area contributed by atoms with Gasteiger partial charge in [0.15, 0.2) is 0 Å². The highest BCUT2D eigenvalue weighted by atomic mass is 35.5. The number of aromatic nitrogens is 2. The van der Waals surface area contributed by atoms with Crippen LogP contribution >= 0.6 is 11.6 Å². The fourth-order valence-corrected chi connectivity index (χ4v) is 3.74. The van der Waals surface area contributed by atoms with Crippen LogP contribution in [0.1, 0.15) is 38.1 Å². The van der Waals surface area contributed by atoms with Crippen LogP contribution in [0.5, 0.6) is 0 Å². The minimum atomic E-state index is -3.22. The van der Waals surface area contributed by atoms with Gasteiger partial charge in [-0.1, -0.05) is 0 Å². The minimum Gasteiger partial charge on any atom is -0.353 e. The fourth-order valence-electron chi connectivity index (χ4n) is 2.52. The van der Waals surface area contributed by atoms with Crippen LogP contribution in [-0.2, 0) is 10.0 Å². The van der Waals surface area contributed by atoms with E-state index >= 15 is 0 Å². The van der Waals surface area contributed by atoms with Gasteiger partial charge in [0, 0.05) is 37.9 Å². The minimum absolute atomic E-state index is 0.0471. The number of rotatable bonds is 4. The van der Waals surface area contributed by atoms with E-state index in [-0.39, 0.29) is 16.9 Å². The number of hydrogen-bond donors (Lipinski definition) is 1. The summed E-state index contributed by atoms with van der Waals surface area (Å²) in [4.78, 5) is 22.5. The third-order valence-electron chi connectivity index (χ3n) is 3.77. The summed E-state index contributed by atoms with van der Waals surface area (Å²) in [7, 11) is -3.22. The highest BCUT2D eigenvalue weighted by Gasteiger charge is 2.29. The zero-order valence-electron chi connectivity index (χ0n) is 14.9. The second-order valence-electron chi connectivity index (χ2n) is 6.87. The summed E-state index contributed by atoms with van der Waals surface area (Å²) in [5, 5.41) is 2.93. The van der Waals surface area contributed by atoms with Gasteiger partial charge in [-0.3, -0.25) is 4.79 Å². The molecule has 1 N–H and O–H groups in total. The summed E-state index contributed by atoms with van der Waals surface area (Å²) in [6.45, 7) is 8.84. The van der Waals surface area contributed by atoms with Crippen LogP contribution in [0.2, 0.25) is 5.28 Å². The highest BCUT2D eigenvalue weighted by Crippen LogP contribution is 2.22. The van der Waals surface area contributed by atoms with Crippen LogP contribution in [0.15, 0.2) is 6.20 Å². The number of carbonyl (C=O) groups excluding carboxylic acids is 1. The Balaban J connectivity index is 2.23. The lowest BCUT2D eigenvalue weighted by atomic mass is 10.1. The topological polar surface area (TPSA) is 95.5 Å². The zero-order chi connectivity index (χ0) is 18.8. The van der Waals surface area contributed by atoms with Crippen LogP contribution in [0.4, 0.5) is 5.82 Å². The summed E-state index contributed by atoms with van der Waals surface area (Å²) < 4.78 is 25.4. The number of anilines is 1. The molecule has 0 aliphatic carbocycles. The molecule has 1 saturated heterocycles. The van der Waals surface area contributed by atoms with Gasteiger partial charge in [0.05, 0.1) is 5.75 Å². The van der Waals surface area contributed by atoms with Crippen molar-refractivity contribution in [2.24, 2.45) is 0 Å². The summed E-state index contributed by atoms with van der Waals surface area (Å²) in [5.74, 6) is 0.212. The predicted octanol–water partition coefficient (Wildman–Crippen LogP) is 1.13. The molecule has 1 aliphatic heterocycles. The molecule has 1 fully saturated rings. The highest BCUT2D eigenvalue weighted by molar-refractivity contribution is 7.89. The molecule has 2 heterocycles. The number of nitrogens with zero attached hydrogens (tertiary/aromatic N) is 4. The van der Waals surface area contributed by atoms with Crippen molar-refractivity contribution in [2.45, 2.75) is 33.2 Å². The molecule has 0 aromatic carbocycles. The maximum Gasteiger partial charge on any atom is 0.257 e. The van der Waals surface area contributed by atoms with Gasteiger partial charge in [-0.25, -0.2) is 13.4 Å². The monoisotopic (exact) mass is 389 g/mol. The molecule has 8 nitrogen and oxygen atoms in total. The molecule has 1 aliphatic rings. The average molecular weight is 390 g/mol. The lowest BCUT2D eigenvalue weighted by Crippen LogP contribution is -2.50. The first-order valence-corrected chi connectivity index (χ1v) is 10.1. The van der Waals surface area contributed by atoms with Crippen LogP contribution in [0.25, 0.3) is 0 Å². The van der Waals surface area contributed by atoms with Crippen LogP contribution < -0.4 is 10.2 Å². The Kier molecular flexibility index (Phi) is 5.90. The molecule has 1 aromatic rings. The van der Waals surface area contributed by atoms with Gasteiger partial charge in [-0.15, -0.1) is 0 Å². The Morgan fingerprint density at radius 1 is 1.28 bits per heavy atom. The Hall–Kier alpha value is -1.45. The number of nitrogens with one attached hydrogen (secondary N) is 1. The molecule has 1 aromatic heterocycles. The zero-order valence-corrected chi connectivity index (χ0v) is 16.5. The Morgan fingerprint density at radius 3 is 2.40 bits per heavy atom. The molecule has 0 saturated carbocycles. The first kappa shape index (κ1) is 19.9. The average Bonchev–Trinajstić information content (AvgIpc) is 2.53. The van der Waals surface area contributed by atoms with Crippen molar-refractivity contribution in [3.8, 4) is 0 Å². The van der Waals surface area contributed by atoms with Gasteiger partial charge in [-0.2, -0.15) is 9.29 Å². The van der Waals surface area contributed by atoms with Gasteiger partial charge in [0.1, 0.15) is 11.4 Å². The van der Waals surface area contributed by atoms with Gasteiger partial charge < -0.3 is 10.2 Å². The third kappa shape index (κ3) is 5.02. The fraction of sp³-hybridized carbons (Fsp3) is 0.667. The summed E-state index contributed by atoms with van der Waals surface area (Å²) in [5.41, 5.74) is -0.0758. The SMILES string of the molecule is CCS(=O)(=O)N1CCN(c2nc(Cl)ncc2C(=O)NC(C)(C)C)CC1. The van der Waals surface area contributed by atoms with Crippen molar-refractivity contribution in [3.05, 3.63) is 17.0 Å². The van der Waals surface area contributed by atoms with E-state index in [1.165, 1.54) is 10.5 Å². The second kappa shape index (κ2) is 7.43. The molecule has 0 radical (unpaired) electrons. The van der Waals surface area contributed by atoms with Crippen molar-refractivity contribution >= 4 is 33.3 Å². The molecule has 25 heavy (non-hydrogen) atoms. The standard InChI is InChI=1S/C15H24ClN5O3S/c1-5-25(23,24)21-8-6-20(7-9-21)12-11(10-17-14(16)18-12)13(22)19-15(2,3)4/h10H,5-9H2,1-4H3,(H,19,22). The van der Waals surface area contributed by atoms with Crippen LogP contribution in [-0.4, -0.2) is 66.1 Å². The Labute approximate surface area is 153 Å². The van der Waals surface area contributed by atoms with E-state index < -0.39 is 15.6 Å². The first-order valence-electron chi connectivity index (χ1n) is 8.11. The predicted molar refractivity (Wildman–Crippen MR) is 97.5 cm³/mol. The van der Waals surface area contributed by atoms with Gasteiger partial charge in [-0.05, 0) is 39.3 Å². The van der Waals surface area contributed by atoms with Crippen molar-refractivity contribution in [1.29, 1.82) is 0 Å². The largest absolute Gasteiger partial charge is 0.353 e. The second-order valence-corrected chi connectivity index (χ2v) is 9.46. The molecule has 2 rings (SSSR count). The molecule has 10 heteroatoms. The normalized spacial score (nSPS) is 16.8. The maximum absolute atomic E-state index is 12.5. The number of piperazine rings is 1. The lowest BCUT2D eigenvalue weighted by Gasteiger charge is -2.35. The van der Waals surface area contributed by atoms with E-state index in [1.54, 1.807) is 6.92 Å². The first-order chi connectivity index (χ1) is 11.5. The molecular weight excluding hydrogens is 366 g/mol. The van der Waals surface area contributed by atoms with Crippen molar-refractivity contribution in [1.82, 2.24) is 19.6 Å². The lowest BCUT2D eigenvalue weighted by molar-refractivity contribution is 0.0919. The maximum atomic E-state index is 12.5. The molecule has 140 valence electrons. The number of hydrogen-bond acceptors (Lipinski definition) is 6. The number of carbonyl (C=O) groups is 1. The van der Waals surface area contributed by atoms with Gasteiger partial charge in [0.2, 0.25) is 15.3 Å². The molecular formula is C15H24ClN5O3S. The number of amides is 1. The third-order valence-corrected chi connectivity index (χ3v) is 5.83. The quantitative estimate of drug-likeness (QED) is 0.775. The number of halogens is 1. The van der Waals surface area contributed by atoms with Crippen LogP contribution in [0, 0.1) is 0 Å². The summed E-state index contributed by atoms with van der Waals surface area (Å²) in [6.07, 6.45) is 1.40. The Bertz CT molecular complexity index is 740. The van der Waals surface area contributed by atoms with Crippen LogP contribution in [0.3, 0.4) is 0 Å².